The molecule has 0 heterocycles. The number of aryl methyl sites for hydroxylation is 2. The standard InChI is InChI=1S/C26H35N3O4/c1-15-13-21(28-23(30)32-25(5,6)7)17(3)11-19(15)27-20-12-18(4)22(14-16(20)2)29-24(31)33-26(8,9)10/h11-14H,1H2,2-10H3,(H,28,30)(H,29,31)/b27-19-. The summed E-state index contributed by atoms with van der Waals surface area (Å²) in [4.78, 5) is 29.0. The molecule has 0 saturated carbocycles. The van der Waals surface area contributed by atoms with E-state index in [1.165, 1.54) is 0 Å². The number of benzene rings is 1. The zero-order valence-electron chi connectivity index (χ0n) is 21.1. The first-order chi connectivity index (χ1) is 15.0. The van der Waals surface area contributed by atoms with Crippen molar-refractivity contribution in [2.24, 2.45) is 4.99 Å². The van der Waals surface area contributed by atoms with E-state index in [-0.39, 0.29) is 0 Å². The fraction of sp³-hybridized carbons (Fsp3) is 0.423. The quantitative estimate of drug-likeness (QED) is 0.536. The number of rotatable bonds is 3. The van der Waals surface area contributed by atoms with Gasteiger partial charge in [-0.15, -0.1) is 0 Å². The molecule has 2 rings (SSSR count). The Kier molecular flexibility index (Phi) is 7.57. The van der Waals surface area contributed by atoms with Crippen LogP contribution in [0.25, 0.3) is 0 Å². The Balaban J connectivity index is 2.22. The number of nitrogens with zero attached hydrogens (tertiary/aromatic N) is 1. The number of allylic oxidation sites excluding steroid dienone is 4. The molecule has 2 amide bonds. The maximum atomic E-state index is 12.1. The Morgan fingerprint density at radius 1 is 0.848 bits per heavy atom. The smallest absolute Gasteiger partial charge is 0.412 e. The van der Waals surface area contributed by atoms with Crippen molar-refractivity contribution in [2.45, 2.75) is 73.5 Å². The molecule has 0 atom stereocenters. The second-order valence-corrected chi connectivity index (χ2v) is 10.1. The van der Waals surface area contributed by atoms with E-state index in [1.54, 1.807) is 6.08 Å². The van der Waals surface area contributed by atoms with E-state index in [0.29, 0.717) is 22.7 Å². The van der Waals surface area contributed by atoms with Crippen LogP contribution in [0.4, 0.5) is 21.0 Å². The van der Waals surface area contributed by atoms with Crippen LogP contribution in [0.5, 0.6) is 0 Å². The lowest BCUT2D eigenvalue weighted by atomic mass is 9.99. The lowest BCUT2D eigenvalue weighted by Crippen LogP contribution is -2.33. The van der Waals surface area contributed by atoms with E-state index in [0.717, 1.165) is 22.4 Å². The first-order valence-corrected chi connectivity index (χ1v) is 10.8. The highest BCUT2D eigenvalue weighted by atomic mass is 16.6. The third kappa shape index (κ3) is 7.93. The van der Waals surface area contributed by atoms with Gasteiger partial charge in [-0.05, 0) is 109 Å². The van der Waals surface area contributed by atoms with Gasteiger partial charge in [0.15, 0.2) is 0 Å². The van der Waals surface area contributed by atoms with Crippen LogP contribution < -0.4 is 10.6 Å². The van der Waals surface area contributed by atoms with E-state index in [4.69, 9.17) is 14.5 Å². The lowest BCUT2D eigenvalue weighted by Gasteiger charge is -2.22. The van der Waals surface area contributed by atoms with Gasteiger partial charge >= 0.3 is 12.2 Å². The molecule has 7 heteroatoms. The predicted octanol–water partition coefficient (Wildman–Crippen LogP) is 6.65. The van der Waals surface area contributed by atoms with Crippen molar-refractivity contribution in [1.29, 1.82) is 0 Å². The van der Waals surface area contributed by atoms with Gasteiger partial charge in [-0.2, -0.15) is 0 Å². The van der Waals surface area contributed by atoms with Crippen molar-refractivity contribution < 1.29 is 19.1 Å². The monoisotopic (exact) mass is 453 g/mol. The Labute approximate surface area is 196 Å². The van der Waals surface area contributed by atoms with Crippen molar-refractivity contribution >= 4 is 29.3 Å². The summed E-state index contributed by atoms with van der Waals surface area (Å²) in [5, 5.41) is 5.56. The van der Waals surface area contributed by atoms with E-state index >= 15 is 0 Å². The molecule has 0 fully saturated rings. The molecule has 7 nitrogen and oxygen atoms in total. The van der Waals surface area contributed by atoms with Gasteiger partial charge in [-0.25, -0.2) is 14.6 Å². The number of aliphatic imine (C=N–C) groups is 1. The fourth-order valence-electron chi connectivity index (χ4n) is 2.99. The number of carbonyl (C=O) groups excluding carboxylic acids is 2. The normalized spacial score (nSPS) is 15.5. The third-order valence-corrected chi connectivity index (χ3v) is 4.48. The molecule has 178 valence electrons. The molecule has 0 unspecified atom stereocenters. The van der Waals surface area contributed by atoms with Crippen LogP contribution in [0.15, 0.2) is 52.7 Å². The summed E-state index contributed by atoms with van der Waals surface area (Å²) < 4.78 is 10.7. The van der Waals surface area contributed by atoms with Crippen molar-refractivity contribution in [2.75, 3.05) is 5.32 Å². The van der Waals surface area contributed by atoms with Gasteiger partial charge < -0.3 is 9.47 Å². The highest BCUT2D eigenvalue weighted by molar-refractivity contribution is 6.13. The van der Waals surface area contributed by atoms with Crippen LogP contribution >= 0.6 is 0 Å². The van der Waals surface area contributed by atoms with Crippen molar-refractivity contribution in [1.82, 2.24) is 5.32 Å². The highest BCUT2D eigenvalue weighted by Gasteiger charge is 2.20. The number of hydrogen-bond donors (Lipinski definition) is 2. The van der Waals surface area contributed by atoms with Gasteiger partial charge in [-0.1, -0.05) is 6.58 Å². The maximum Gasteiger partial charge on any atom is 0.412 e. The topological polar surface area (TPSA) is 89.0 Å². The number of ether oxygens (including phenoxy) is 2. The molecular formula is C26H35N3O4. The van der Waals surface area contributed by atoms with Crippen molar-refractivity contribution in [3.05, 3.63) is 58.8 Å². The van der Waals surface area contributed by atoms with Gasteiger partial charge in [0.25, 0.3) is 0 Å². The molecule has 1 aromatic rings. The molecular weight excluding hydrogens is 418 g/mol. The summed E-state index contributed by atoms with van der Waals surface area (Å²) in [5.41, 5.74) is 4.84. The second kappa shape index (κ2) is 9.65. The average molecular weight is 454 g/mol. The molecule has 0 bridgehead atoms. The van der Waals surface area contributed by atoms with Gasteiger partial charge in [0, 0.05) is 11.4 Å². The molecule has 0 aromatic heterocycles. The number of anilines is 1. The molecule has 0 saturated heterocycles. The molecule has 2 N–H and O–H groups in total. The number of hydrogen-bond acceptors (Lipinski definition) is 5. The Bertz CT molecular complexity index is 1060. The summed E-state index contributed by atoms with van der Waals surface area (Å²) in [6.45, 7) is 20.7. The third-order valence-electron chi connectivity index (χ3n) is 4.48. The van der Waals surface area contributed by atoms with E-state index in [1.807, 2.05) is 80.5 Å². The van der Waals surface area contributed by atoms with Crippen molar-refractivity contribution in [3.8, 4) is 0 Å². The zero-order valence-corrected chi connectivity index (χ0v) is 21.1. The summed E-state index contributed by atoms with van der Waals surface area (Å²) in [7, 11) is 0. The largest absolute Gasteiger partial charge is 0.444 e. The van der Waals surface area contributed by atoms with Gasteiger partial charge in [-0.3, -0.25) is 10.6 Å². The molecule has 0 aliphatic heterocycles. The number of carbonyl (C=O) groups is 2. The van der Waals surface area contributed by atoms with Gasteiger partial charge in [0.1, 0.15) is 11.2 Å². The van der Waals surface area contributed by atoms with Crippen LogP contribution in [-0.4, -0.2) is 29.1 Å². The van der Waals surface area contributed by atoms with E-state index in [2.05, 4.69) is 17.2 Å². The van der Waals surface area contributed by atoms with Crippen LogP contribution in [0.1, 0.15) is 59.6 Å². The van der Waals surface area contributed by atoms with E-state index < -0.39 is 23.4 Å². The van der Waals surface area contributed by atoms with E-state index in [9.17, 15) is 9.59 Å². The first kappa shape index (κ1) is 25.9. The van der Waals surface area contributed by atoms with Crippen LogP contribution in [0, 0.1) is 13.8 Å². The van der Waals surface area contributed by atoms with Crippen LogP contribution in [-0.2, 0) is 9.47 Å². The van der Waals surface area contributed by atoms with Crippen LogP contribution in [0.3, 0.4) is 0 Å². The Morgan fingerprint density at radius 2 is 1.39 bits per heavy atom. The maximum absolute atomic E-state index is 12.1. The predicted molar refractivity (Wildman–Crippen MR) is 133 cm³/mol. The number of alkyl carbamates (subject to hydrolysis) is 1. The summed E-state index contributed by atoms with van der Waals surface area (Å²) in [6, 6.07) is 3.77. The SMILES string of the molecule is C=C1C=C(NC(=O)OC(C)(C)C)C(C)=C/C1=N/c1cc(C)c(NC(=O)OC(C)(C)C)cc1C. The number of nitrogens with one attached hydrogen (secondary N) is 2. The van der Waals surface area contributed by atoms with Crippen molar-refractivity contribution in [3.63, 3.8) is 0 Å². The Hall–Kier alpha value is -3.35. The number of amides is 2. The summed E-state index contributed by atoms with van der Waals surface area (Å²) in [6.07, 6.45) is 2.63. The lowest BCUT2D eigenvalue weighted by molar-refractivity contribution is 0.0545. The molecule has 1 aliphatic rings. The van der Waals surface area contributed by atoms with Gasteiger partial charge in [0.05, 0.1) is 11.4 Å². The average Bonchev–Trinajstić information content (AvgIpc) is 2.60. The summed E-state index contributed by atoms with van der Waals surface area (Å²) in [5.74, 6) is 0. The van der Waals surface area contributed by atoms with Gasteiger partial charge in [0.2, 0.25) is 0 Å². The minimum Gasteiger partial charge on any atom is -0.444 e. The zero-order chi connectivity index (χ0) is 25.1. The molecule has 0 spiro atoms. The molecule has 1 aromatic carbocycles. The molecule has 0 radical (unpaired) electrons. The summed E-state index contributed by atoms with van der Waals surface area (Å²) >= 11 is 0. The Morgan fingerprint density at radius 3 is 1.94 bits per heavy atom. The van der Waals surface area contributed by atoms with Crippen LogP contribution in [0.2, 0.25) is 0 Å². The minimum absolute atomic E-state index is 0.501. The fourth-order valence-corrected chi connectivity index (χ4v) is 2.99. The molecule has 1 aliphatic carbocycles. The second-order valence-electron chi connectivity index (χ2n) is 10.1. The first-order valence-electron chi connectivity index (χ1n) is 10.8. The highest BCUT2D eigenvalue weighted by Crippen LogP contribution is 2.29. The minimum atomic E-state index is -0.583. The molecule has 33 heavy (non-hydrogen) atoms.